The number of carbonyl (C=O) groups is 3. The van der Waals surface area contributed by atoms with Gasteiger partial charge in [-0.15, -0.1) is 11.3 Å². The van der Waals surface area contributed by atoms with Gasteiger partial charge in [0.15, 0.2) is 0 Å². The molecule has 0 atom stereocenters. The molecule has 0 bridgehead atoms. The molecule has 2 amide bonds. The van der Waals surface area contributed by atoms with Gasteiger partial charge < -0.3 is 15.4 Å². The Morgan fingerprint density at radius 1 is 1.20 bits per heavy atom. The van der Waals surface area contributed by atoms with Crippen LogP contribution in [0.1, 0.15) is 26.5 Å². The molecule has 2 N–H and O–H groups in total. The highest BCUT2D eigenvalue weighted by molar-refractivity contribution is 7.12. The molecular weight excluding hydrogens is 354 g/mol. The monoisotopic (exact) mass is 368 g/mol. The van der Waals surface area contributed by atoms with Gasteiger partial charge in [0.1, 0.15) is 16.5 Å². The summed E-state index contributed by atoms with van der Waals surface area (Å²) in [5, 5.41) is 6.53. The fraction of sp³-hybridized carbons (Fsp3) is 0.188. The van der Waals surface area contributed by atoms with Gasteiger partial charge in [-0.1, -0.05) is 0 Å². The van der Waals surface area contributed by atoms with Crippen molar-refractivity contribution < 1.29 is 27.9 Å². The van der Waals surface area contributed by atoms with E-state index < -0.39 is 29.4 Å². The quantitative estimate of drug-likeness (QED) is 0.768. The summed E-state index contributed by atoms with van der Waals surface area (Å²) in [7, 11) is 1.23. The molecule has 0 spiro atoms. The Morgan fingerprint density at radius 2 is 1.96 bits per heavy atom. The van der Waals surface area contributed by atoms with Gasteiger partial charge in [0, 0.05) is 19.0 Å². The molecule has 0 radical (unpaired) electrons. The maximum absolute atomic E-state index is 13.5. The van der Waals surface area contributed by atoms with Gasteiger partial charge in [-0.25, -0.2) is 13.6 Å². The highest BCUT2D eigenvalue weighted by Gasteiger charge is 2.16. The van der Waals surface area contributed by atoms with Crippen LogP contribution in [0.2, 0.25) is 0 Å². The Hall–Kier alpha value is -2.81. The third-order valence-corrected chi connectivity index (χ3v) is 4.02. The van der Waals surface area contributed by atoms with Crippen LogP contribution in [0, 0.1) is 11.6 Å². The van der Waals surface area contributed by atoms with Gasteiger partial charge in [-0.05, 0) is 23.6 Å². The van der Waals surface area contributed by atoms with E-state index in [9.17, 15) is 23.2 Å². The van der Waals surface area contributed by atoms with Crippen molar-refractivity contribution in [3.05, 3.63) is 51.7 Å². The average Bonchev–Trinajstić information content (AvgIpc) is 3.01. The summed E-state index contributed by atoms with van der Waals surface area (Å²) in [6.45, 7) is -0.0564. The minimum absolute atomic E-state index is 0.0564. The summed E-state index contributed by atoms with van der Waals surface area (Å²) < 4.78 is 30.9. The van der Waals surface area contributed by atoms with E-state index in [1.165, 1.54) is 7.11 Å². The average molecular weight is 368 g/mol. The number of hydrogen-bond acceptors (Lipinski definition) is 5. The van der Waals surface area contributed by atoms with Crippen molar-refractivity contribution in [1.82, 2.24) is 5.32 Å². The fourth-order valence-electron chi connectivity index (χ4n) is 1.93. The van der Waals surface area contributed by atoms with E-state index in [4.69, 9.17) is 0 Å². The second kappa shape index (κ2) is 8.34. The van der Waals surface area contributed by atoms with Gasteiger partial charge in [-0.3, -0.25) is 9.59 Å². The van der Waals surface area contributed by atoms with Crippen molar-refractivity contribution in [2.75, 3.05) is 19.0 Å². The van der Waals surface area contributed by atoms with Crippen LogP contribution in [0.15, 0.2) is 29.6 Å². The van der Waals surface area contributed by atoms with Crippen molar-refractivity contribution in [3.63, 3.8) is 0 Å². The zero-order valence-electron chi connectivity index (χ0n) is 13.1. The van der Waals surface area contributed by atoms with Gasteiger partial charge >= 0.3 is 5.97 Å². The number of halogens is 2. The summed E-state index contributed by atoms with van der Waals surface area (Å²) in [6, 6.07) is 4.15. The lowest BCUT2D eigenvalue weighted by Crippen LogP contribution is -2.28. The fourth-order valence-corrected chi connectivity index (χ4v) is 2.70. The first-order valence-corrected chi connectivity index (χ1v) is 7.99. The molecule has 0 aliphatic carbocycles. The van der Waals surface area contributed by atoms with Crippen LogP contribution in [-0.2, 0) is 9.53 Å². The minimum atomic E-state index is -0.983. The van der Waals surface area contributed by atoms with Crippen molar-refractivity contribution in [2.24, 2.45) is 0 Å². The third kappa shape index (κ3) is 4.83. The zero-order valence-corrected chi connectivity index (χ0v) is 13.9. The third-order valence-electron chi connectivity index (χ3n) is 3.12. The predicted octanol–water partition coefficient (Wildman–Crippen LogP) is 2.57. The molecule has 9 heteroatoms. The van der Waals surface area contributed by atoms with Crippen LogP contribution >= 0.6 is 11.3 Å². The van der Waals surface area contributed by atoms with Crippen molar-refractivity contribution in [3.8, 4) is 0 Å². The summed E-state index contributed by atoms with van der Waals surface area (Å²) in [5.41, 5.74) is 0.00498. The van der Waals surface area contributed by atoms with Gasteiger partial charge in [-0.2, -0.15) is 0 Å². The molecule has 2 rings (SSSR count). The molecule has 25 heavy (non-hydrogen) atoms. The Balaban J connectivity index is 1.85. The molecule has 132 valence electrons. The van der Waals surface area contributed by atoms with E-state index in [-0.39, 0.29) is 23.4 Å². The highest BCUT2D eigenvalue weighted by Crippen LogP contribution is 2.23. The van der Waals surface area contributed by atoms with E-state index in [1.807, 2.05) is 0 Å². The molecule has 0 saturated heterocycles. The molecule has 6 nitrogen and oxygen atoms in total. The van der Waals surface area contributed by atoms with E-state index in [2.05, 4.69) is 15.4 Å². The minimum Gasteiger partial charge on any atom is -0.465 e. The summed E-state index contributed by atoms with van der Waals surface area (Å²) >= 11 is 1.12. The number of ether oxygens (including phenoxy) is 1. The first-order chi connectivity index (χ1) is 11.9. The van der Waals surface area contributed by atoms with E-state index >= 15 is 0 Å². The number of thiophene rings is 1. The second-order valence-electron chi connectivity index (χ2n) is 4.83. The van der Waals surface area contributed by atoms with Crippen LogP contribution in [0.5, 0.6) is 0 Å². The molecule has 0 aliphatic rings. The molecule has 0 fully saturated rings. The normalized spacial score (nSPS) is 10.2. The second-order valence-corrected chi connectivity index (χ2v) is 5.75. The molecule has 0 aliphatic heterocycles. The largest absolute Gasteiger partial charge is 0.465 e. The Kier molecular flexibility index (Phi) is 6.18. The first-order valence-electron chi connectivity index (χ1n) is 7.11. The zero-order chi connectivity index (χ0) is 18.4. The van der Waals surface area contributed by atoms with Gasteiger partial charge in [0.05, 0.1) is 18.4 Å². The lowest BCUT2D eigenvalue weighted by atomic mass is 10.2. The molecule has 1 aromatic carbocycles. The molecular formula is C16H14F2N2O4S. The van der Waals surface area contributed by atoms with Crippen molar-refractivity contribution >= 4 is 34.8 Å². The highest BCUT2D eigenvalue weighted by atomic mass is 32.1. The first kappa shape index (κ1) is 18.5. The van der Waals surface area contributed by atoms with Crippen molar-refractivity contribution in [2.45, 2.75) is 6.42 Å². The number of rotatable bonds is 6. The lowest BCUT2D eigenvalue weighted by molar-refractivity contribution is -0.116. The number of anilines is 1. The van der Waals surface area contributed by atoms with E-state index in [1.54, 1.807) is 11.4 Å². The number of methoxy groups -OCH3 is 1. The van der Waals surface area contributed by atoms with Crippen LogP contribution < -0.4 is 10.6 Å². The Labute approximate surface area is 145 Å². The van der Waals surface area contributed by atoms with Crippen molar-refractivity contribution in [1.29, 1.82) is 0 Å². The van der Waals surface area contributed by atoms with Crippen LogP contribution in [-0.4, -0.2) is 31.4 Å². The summed E-state index contributed by atoms with van der Waals surface area (Å²) in [5.74, 6) is -3.53. The maximum atomic E-state index is 13.5. The SMILES string of the molecule is COC(=O)c1sccc1NC(=O)CCNC(=O)c1ccc(F)cc1F. The van der Waals surface area contributed by atoms with E-state index in [0.29, 0.717) is 11.8 Å². The van der Waals surface area contributed by atoms with Crippen LogP contribution in [0.3, 0.4) is 0 Å². The number of hydrogen-bond donors (Lipinski definition) is 2. The number of benzene rings is 1. The predicted molar refractivity (Wildman–Crippen MR) is 87.6 cm³/mol. The van der Waals surface area contributed by atoms with Crippen LogP contribution in [0.25, 0.3) is 0 Å². The van der Waals surface area contributed by atoms with Gasteiger partial charge in [0.25, 0.3) is 5.91 Å². The van der Waals surface area contributed by atoms with E-state index in [0.717, 1.165) is 23.5 Å². The summed E-state index contributed by atoms with van der Waals surface area (Å²) in [4.78, 5) is 35.4. The molecule has 2 aromatic rings. The number of esters is 1. The molecule has 1 heterocycles. The standard InChI is InChI=1S/C16H14F2N2O4S/c1-24-16(23)14-12(5-7-25-14)20-13(21)4-6-19-15(22)10-3-2-9(17)8-11(10)18/h2-3,5,7-8H,4,6H2,1H3,(H,19,22)(H,20,21). The number of carbonyl (C=O) groups excluding carboxylic acids is 3. The Bertz CT molecular complexity index is 807. The Morgan fingerprint density at radius 3 is 2.64 bits per heavy atom. The lowest BCUT2D eigenvalue weighted by Gasteiger charge is -2.07. The number of nitrogens with one attached hydrogen (secondary N) is 2. The molecule has 0 saturated carbocycles. The topological polar surface area (TPSA) is 84.5 Å². The van der Waals surface area contributed by atoms with Crippen LogP contribution in [0.4, 0.5) is 14.5 Å². The molecule has 0 unspecified atom stereocenters. The molecule has 1 aromatic heterocycles. The van der Waals surface area contributed by atoms with Gasteiger partial charge in [0.2, 0.25) is 5.91 Å². The number of amides is 2. The maximum Gasteiger partial charge on any atom is 0.350 e. The summed E-state index contributed by atoms with van der Waals surface area (Å²) in [6.07, 6.45) is -0.0922. The smallest absolute Gasteiger partial charge is 0.350 e.